The van der Waals surface area contributed by atoms with Crippen molar-refractivity contribution in [2.45, 2.75) is 25.3 Å². The third kappa shape index (κ3) is 4.56. The van der Waals surface area contributed by atoms with Gasteiger partial charge < -0.3 is 15.5 Å². The third-order valence-corrected chi connectivity index (χ3v) is 4.34. The molecule has 25 heavy (non-hydrogen) atoms. The Bertz CT molecular complexity index is 706. The molecule has 3 rings (SSSR count). The van der Waals surface area contributed by atoms with Crippen molar-refractivity contribution >= 4 is 17.6 Å². The van der Waals surface area contributed by atoms with E-state index in [2.05, 4.69) is 15.6 Å². The Labute approximate surface area is 147 Å². The Morgan fingerprint density at radius 2 is 1.96 bits per heavy atom. The maximum Gasteiger partial charge on any atom is 0.322 e. The molecule has 6 nitrogen and oxygen atoms in total. The number of rotatable bonds is 4. The van der Waals surface area contributed by atoms with Crippen LogP contribution in [0.1, 0.15) is 29.6 Å². The largest absolute Gasteiger partial charge is 0.350 e. The van der Waals surface area contributed by atoms with Crippen LogP contribution in [0.3, 0.4) is 0 Å². The van der Waals surface area contributed by atoms with Gasteiger partial charge in [-0.25, -0.2) is 4.79 Å². The highest BCUT2D eigenvalue weighted by Crippen LogP contribution is 2.18. The van der Waals surface area contributed by atoms with E-state index in [4.69, 9.17) is 0 Å². The van der Waals surface area contributed by atoms with Crippen molar-refractivity contribution in [2.24, 2.45) is 0 Å². The van der Waals surface area contributed by atoms with Gasteiger partial charge in [-0.3, -0.25) is 9.78 Å². The van der Waals surface area contributed by atoms with Gasteiger partial charge in [0.2, 0.25) is 0 Å². The van der Waals surface area contributed by atoms with Crippen LogP contribution in [0.15, 0.2) is 54.9 Å². The summed E-state index contributed by atoms with van der Waals surface area (Å²) in [5, 5.41) is 5.82. The summed E-state index contributed by atoms with van der Waals surface area (Å²) in [5.74, 6) is -0.112. The SMILES string of the molecule is O=C(NC[C@@H]1CCCCN1C(=O)Nc1cccnc1)c1ccccc1. The average Bonchev–Trinajstić information content (AvgIpc) is 2.68. The molecule has 0 aliphatic carbocycles. The van der Waals surface area contributed by atoms with E-state index in [1.54, 1.807) is 36.7 Å². The molecule has 1 aliphatic rings. The first-order valence-corrected chi connectivity index (χ1v) is 8.55. The van der Waals surface area contributed by atoms with Crippen LogP contribution >= 0.6 is 0 Å². The highest BCUT2D eigenvalue weighted by Gasteiger charge is 2.27. The Hall–Kier alpha value is -2.89. The number of carbonyl (C=O) groups excluding carboxylic acids is 2. The first-order valence-electron chi connectivity index (χ1n) is 8.55. The molecule has 1 atom stereocenters. The van der Waals surface area contributed by atoms with Gasteiger partial charge in [0, 0.05) is 24.8 Å². The molecule has 0 saturated carbocycles. The number of anilines is 1. The van der Waals surface area contributed by atoms with Crippen molar-refractivity contribution in [2.75, 3.05) is 18.4 Å². The monoisotopic (exact) mass is 338 g/mol. The van der Waals surface area contributed by atoms with E-state index in [0.29, 0.717) is 24.3 Å². The van der Waals surface area contributed by atoms with E-state index in [0.717, 1.165) is 19.3 Å². The van der Waals surface area contributed by atoms with Crippen LogP contribution in [0.2, 0.25) is 0 Å². The van der Waals surface area contributed by atoms with Crippen LogP contribution in [0.25, 0.3) is 0 Å². The number of hydrogen-bond donors (Lipinski definition) is 2. The summed E-state index contributed by atoms with van der Waals surface area (Å²) in [5.41, 5.74) is 1.30. The van der Waals surface area contributed by atoms with Gasteiger partial charge in [-0.2, -0.15) is 0 Å². The minimum Gasteiger partial charge on any atom is -0.350 e. The molecule has 0 bridgehead atoms. The van der Waals surface area contributed by atoms with Crippen LogP contribution in [-0.2, 0) is 0 Å². The fraction of sp³-hybridized carbons (Fsp3) is 0.316. The van der Waals surface area contributed by atoms with Crippen molar-refractivity contribution in [3.05, 3.63) is 60.4 Å². The quantitative estimate of drug-likeness (QED) is 0.900. The first kappa shape index (κ1) is 17.0. The second kappa shape index (κ2) is 8.28. The summed E-state index contributed by atoms with van der Waals surface area (Å²) in [6.45, 7) is 1.14. The van der Waals surface area contributed by atoms with E-state index >= 15 is 0 Å². The fourth-order valence-corrected chi connectivity index (χ4v) is 3.01. The Kier molecular flexibility index (Phi) is 5.61. The van der Waals surface area contributed by atoms with Crippen molar-refractivity contribution in [3.63, 3.8) is 0 Å². The van der Waals surface area contributed by atoms with Gasteiger partial charge in [0.1, 0.15) is 0 Å². The minimum atomic E-state index is -0.147. The van der Waals surface area contributed by atoms with E-state index in [9.17, 15) is 9.59 Å². The average molecular weight is 338 g/mol. The van der Waals surface area contributed by atoms with Crippen LogP contribution in [-0.4, -0.2) is 41.0 Å². The summed E-state index contributed by atoms with van der Waals surface area (Å²) in [6.07, 6.45) is 6.20. The van der Waals surface area contributed by atoms with Gasteiger partial charge in [-0.05, 0) is 43.5 Å². The second-order valence-corrected chi connectivity index (χ2v) is 6.09. The molecule has 6 heteroatoms. The number of aromatic nitrogens is 1. The normalized spacial score (nSPS) is 17.0. The number of nitrogens with one attached hydrogen (secondary N) is 2. The molecule has 0 spiro atoms. The van der Waals surface area contributed by atoms with Gasteiger partial charge in [0.15, 0.2) is 0 Å². The molecule has 2 aromatic rings. The zero-order valence-electron chi connectivity index (χ0n) is 14.0. The summed E-state index contributed by atoms with van der Waals surface area (Å²) in [4.78, 5) is 30.6. The summed E-state index contributed by atoms with van der Waals surface area (Å²) >= 11 is 0. The lowest BCUT2D eigenvalue weighted by molar-refractivity contribution is 0.0929. The number of likely N-dealkylation sites (tertiary alicyclic amines) is 1. The lowest BCUT2D eigenvalue weighted by Gasteiger charge is -2.35. The molecule has 2 heterocycles. The van der Waals surface area contributed by atoms with Gasteiger partial charge in [-0.15, -0.1) is 0 Å². The molecule has 0 unspecified atom stereocenters. The maximum atomic E-state index is 12.6. The summed E-state index contributed by atoms with van der Waals surface area (Å²) < 4.78 is 0. The molecule has 1 aromatic carbocycles. The molecule has 0 radical (unpaired) electrons. The molecule has 1 saturated heterocycles. The third-order valence-electron chi connectivity index (χ3n) is 4.34. The lowest BCUT2D eigenvalue weighted by atomic mass is 10.0. The molecular formula is C19H22N4O2. The van der Waals surface area contributed by atoms with E-state index in [1.807, 2.05) is 23.1 Å². The summed E-state index contributed by atoms with van der Waals surface area (Å²) in [6, 6.07) is 12.6. The molecule has 1 aliphatic heterocycles. The molecule has 1 aromatic heterocycles. The molecule has 130 valence electrons. The van der Waals surface area contributed by atoms with Crippen molar-refractivity contribution in [1.29, 1.82) is 0 Å². The van der Waals surface area contributed by atoms with E-state index < -0.39 is 0 Å². The highest BCUT2D eigenvalue weighted by molar-refractivity contribution is 5.94. The van der Waals surface area contributed by atoms with Crippen molar-refractivity contribution in [1.82, 2.24) is 15.2 Å². The number of hydrogen-bond acceptors (Lipinski definition) is 3. The van der Waals surface area contributed by atoms with Crippen LogP contribution in [0, 0.1) is 0 Å². The predicted octanol–water partition coefficient (Wildman–Crippen LogP) is 2.90. The topological polar surface area (TPSA) is 74.3 Å². The predicted molar refractivity (Wildman–Crippen MR) is 96.4 cm³/mol. The number of piperidine rings is 1. The van der Waals surface area contributed by atoms with Gasteiger partial charge in [-0.1, -0.05) is 18.2 Å². The summed E-state index contributed by atoms with van der Waals surface area (Å²) in [7, 11) is 0. The number of amides is 3. The Balaban J connectivity index is 1.59. The number of nitrogens with zero attached hydrogens (tertiary/aromatic N) is 2. The number of carbonyl (C=O) groups is 2. The van der Waals surface area contributed by atoms with Crippen LogP contribution < -0.4 is 10.6 Å². The molecule has 2 N–H and O–H groups in total. The molecule has 1 fully saturated rings. The van der Waals surface area contributed by atoms with Crippen LogP contribution in [0.4, 0.5) is 10.5 Å². The minimum absolute atomic E-state index is 0.00177. The smallest absolute Gasteiger partial charge is 0.322 e. The van der Waals surface area contributed by atoms with E-state index in [-0.39, 0.29) is 18.0 Å². The number of benzene rings is 1. The van der Waals surface area contributed by atoms with Crippen molar-refractivity contribution < 1.29 is 9.59 Å². The Morgan fingerprint density at radius 3 is 2.72 bits per heavy atom. The highest BCUT2D eigenvalue weighted by atomic mass is 16.2. The number of pyridine rings is 1. The maximum absolute atomic E-state index is 12.6. The first-order chi connectivity index (χ1) is 12.2. The van der Waals surface area contributed by atoms with E-state index in [1.165, 1.54) is 0 Å². The zero-order chi connectivity index (χ0) is 17.5. The van der Waals surface area contributed by atoms with Gasteiger partial charge >= 0.3 is 6.03 Å². The van der Waals surface area contributed by atoms with Crippen molar-refractivity contribution in [3.8, 4) is 0 Å². The molecular weight excluding hydrogens is 316 g/mol. The molecule has 3 amide bonds. The number of urea groups is 1. The van der Waals surface area contributed by atoms with Gasteiger partial charge in [0.25, 0.3) is 5.91 Å². The zero-order valence-corrected chi connectivity index (χ0v) is 14.0. The standard InChI is InChI=1S/C19H22N4O2/c24-18(15-7-2-1-3-8-15)21-14-17-10-4-5-12-23(17)19(25)22-16-9-6-11-20-13-16/h1-3,6-9,11,13,17H,4-5,10,12,14H2,(H,21,24)(H,22,25)/t17-/m0/s1. The second-order valence-electron chi connectivity index (χ2n) is 6.09. The fourth-order valence-electron chi connectivity index (χ4n) is 3.01. The Morgan fingerprint density at radius 1 is 1.12 bits per heavy atom. The van der Waals surface area contributed by atoms with Crippen LogP contribution in [0.5, 0.6) is 0 Å². The lowest BCUT2D eigenvalue weighted by Crippen LogP contribution is -2.50. The van der Waals surface area contributed by atoms with Gasteiger partial charge in [0.05, 0.1) is 17.9 Å².